The van der Waals surface area contributed by atoms with Gasteiger partial charge in [-0.3, -0.25) is 0 Å². The van der Waals surface area contributed by atoms with Crippen LogP contribution in [0.25, 0.3) is 0 Å². The van der Waals surface area contributed by atoms with E-state index >= 15 is 0 Å². The molecule has 0 aliphatic rings. The van der Waals surface area contributed by atoms with Crippen LogP contribution in [0.5, 0.6) is 5.75 Å². The first-order chi connectivity index (χ1) is 9.74. The van der Waals surface area contributed by atoms with E-state index in [1.165, 1.54) is 6.33 Å². The van der Waals surface area contributed by atoms with Crippen molar-refractivity contribution in [1.82, 2.24) is 14.8 Å². The average Bonchev–Trinajstić information content (AvgIpc) is 2.91. The third-order valence-corrected chi connectivity index (χ3v) is 2.81. The lowest BCUT2D eigenvalue weighted by atomic mass is 10.1. The standard InChI is InChI=1S/C15H18N4O/c1-3-19-15(17-11-18-19)10-20-14-7-6-12(2)9-13(14)5-4-8-16/h6-7,9,11H,3,8,10,16H2,1-2H3. The molecule has 0 atom stereocenters. The van der Waals surface area contributed by atoms with Crippen molar-refractivity contribution in [2.45, 2.75) is 27.0 Å². The highest BCUT2D eigenvalue weighted by Gasteiger charge is 2.06. The Balaban J connectivity index is 2.17. The van der Waals surface area contributed by atoms with E-state index in [-0.39, 0.29) is 0 Å². The highest BCUT2D eigenvalue weighted by atomic mass is 16.5. The van der Waals surface area contributed by atoms with Gasteiger partial charge in [0, 0.05) is 6.54 Å². The number of benzene rings is 1. The number of aryl methyl sites for hydroxylation is 2. The van der Waals surface area contributed by atoms with Gasteiger partial charge in [0.1, 0.15) is 18.7 Å². The van der Waals surface area contributed by atoms with Gasteiger partial charge in [0.05, 0.1) is 12.1 Å². The van der Waals surface area contributed by atoms with Crippen LogP contribution in [0.3, 0.4) is 0 Å². The summed E-state index contributed by atoms with van der Waals surface area (Å²) in [6, 6.07) is 5.90. The lowest BCUT2D eigenvalue weighted by Gasteiger charge is -2.09. The summed E-state index contributed by atoms with van der Waals surface area (Å²) >= 11 is 0. The predicted molar refractivity (Wildman–Crippen MR) is 77.1 cm³/mol. The lowest BCUT2D eigenvalue weighted by Crippen LogP contribution is -2.07. The van der Waals surface area contributed by atoms with Gasteiger partial charge in [0.25, 0.3) is 0 Å². The van der Waals surface area contributed by atoms with E-state index in [0.717, 1.165) is 29.2 Å². The minimum absolute atomic E-state index is 0.331. The molecule has 5 nitrogen and oxygen atoms in total. The number of nitrogens with two attached hydrogens (primary N) is 1. The highest BCUT2D eigenvalue weighted by Crippen LogP contribution is 2.20. The normalized spacial score (nSPS) is 9.95. The topological polar surface area (TPSA) is 66.0 Å². The van der Waals surface area contributed by atoms with E-state index in [2.05, 4.69) is 21.9 Å². The molecular weight excluding hydrogens is 252 g/mol. The van der Waals surface area contributed by atoms with Gasteiger partial charge in [-0.1, -0.05) is 17.9 Å². The number of ether oxygens (including phenoxy) is 1. The molecule has 104 valence electrons. The Kier molecular flexibility index (Phi) is 4.75. The molecule has 0 saturated carbocycles. The van der Waals surface area contributed by atoms with Crippen molar-refractivity contribution in [3.05, 3.63) is 41.5 Å². The molecule has 5 heteroatoms. The molecule has 2 rings (SSSR count). The average molecular weight is 270 g/mol. The van der Waals surface area contributed by atoms with Gasteiger partial charge in [-0.15, -0.1) is 0 Å². The van der Waals surface area contributed by atoms with Crippen LogP contribution >= 0.6 is 0 Å². The van der Waals surface area contributed by atoms with Crippen LogP contribution < -0.4 is 10.5 Å². The number of aromatic nitrogens is 3. The van der Waals surface area contributed by atoms with Crippen LogP contribution in [0.4, 0.5) is 0 Å². The van der Waals surface area contributed by atoms with E-state index < -0.39 is 0 Å². The maximum atomic E-state index is 5.81. The largest absolute Gasteiger partial charge is 0.484 e. The molecule has 0 aliphatic heterocycles. The fourth-order valence-corrected chi connectivity index (χ4v) is 1.82. The summed E-state index contributed by atoms with van der Waals surface area (Å²) in [6.45, 7) is 5.51. The minimum atomic E-state index is 0.331. The fraction of sp³-hybridized carbons (Fsp3) is 0.333. The summed E-state index contributed by atoms with van der Waals surface area (Å²) in [4.78, 5) is 4.18. The van der Waals surface area contributed by atoms with Crippen LogP contribution in [0, 0.1) is 18.8 Å². The van der Waals surface area contributed by atoms with Crippen molar-refractivity contribution < 1.29 is 4.74 Å². The third-order valence-electron chi connectivity index (χ3n) is 2.81. The van der Waals surface area contributed by atoms with Crippen molar-refractivity contribution in [3.8, 4) is 17.6 Å². The van der Waals surface area contributed by atoms with Crippen LogP contribution in [0.1, 0.15) is 23.9 Å². The van der Waals surface area contributed by atoms with Gasteiger partial charge in [-0.05, 0) is 31.5 Å². The smallest absolute Gasteiger partial charge is 0.164 e. The molecule has 1 aromatic heterocycles. The second kappa shape index (κ2) is 6.73. The van der Waals surface area contributed by atoms with Gasteiger partial charge < -0.3 is 10.5 Å². The lowest BCUT2D eigenvalue weighted by molar-refractivity contribution is 0.286. The molecule has 20 heavy (non-hydrogen) atoms. The molecule has 1 aromatic carbocycles. The van der Waals surface area contributed by atoms with Crippen LogP contribution in [0.2, 0.25) is 0 Å². The summed E-state index contributed by atoms with van der Waals surface area (Å²) in [6.07, 6.45) is 1.53. The third kappa shape index (κ3) is 3.37. The van der Waals surface area contributed by atoms with Crippen LogP contribution in [-0.2, 0) is 13.2 Å². The van der Waals surface area contributed by atoms with Crippen LogP contribution in [0.15, 0.2) is 24.5 Å². The van der Waals surface area contributed by atoms with Gasteiger partial charge >= 0.3 is 0 Å². The Bertz CT molecular complexity index is 637. The summed E-state index contributed by atoms with van der Waals surface area (Å²) in [5.41, 5.74) is 7.40. The Morgan fingerprint density at radius 3 is 3.00 bits per heavy atom. The fourth-order valence-electron chi connectivity index (χ4n) is 1.82. The Morgan fingerprint density at radius 1 is 1.40 bits per heavy atom. The number of hydrogen-bond donors (Lipinski definition) is 1. The maximum Gasteiger partial charge on any atom is 0.164 e. The maximum absolute atomic E-state index is 5.81. The van der Waals surface area contributed by atoms with Gasteiger partial charge in [0.2, 0.25) is 0 Å². The van der Waals surface area contributed by atoms with Crippen LogP contribution in [-0.4, -0.2) is 21.3 Å². The molecule has 0 spiro atoms. The SMILES string of the molecule is CCn1ncnc1COc1ccc(C)cc1C#CCN. The first-order valence-electron chi connectivity index (χ1n) is 6.53. The monoisotopic (exact) mass is 270 g/mol. The number of nitrogens with zero attached hydrogens (tertiary/aromatic N) is 3. The molecule has 2 aromatic rings. The van der Waals surface area contributed by atoms with Gasteiger partial charge in [0.15, 0.2) is 5.82 Å². The van der Waals surface area contributed by atoms with E-state index in [1.807, 2.05) is 32.0 Å². The second-order valence-electron chi connectivity index (χ2n) is 4.29. The molecule has 0 fully saturated rings. The molecule has 0 bridgehead atoms. The first kappa shape index (κ1) is 14.1. The zero-order valence-electron chi connectivity index (χ0n) is 11.8. The first-order valence-corrected chi connectivity index (χ1v) is 6.53. The van der Waals surface area contributed by atoms with Crippen molar-refractivity contribution in [2.24, 2.45) is 5.73 Å². The van der Waals surface area contributed by atoms with Crippen molar-refractivity contribution in [1.29, 1.82) is 0 Å². The summed E-state index contributed by atoms with van der Waals surface area (Å²) in [5.74, 6) is 7.42. The highest BCUT2D eigenvalue weighted by molar-refractivity contribution is 5.48. The molecule has 0 aliphatic carbocycles. The van der Waals surface area contributed by atoms with Crippen molar-refractivity contribution >= 4 is 0 Å². The molecule has 1 heterocycles. The number of rotatable bonds is 4. The summed E-state index contributed by atoms with van der Waals surface area (Å²) in [5, 5.41) is 4.11. The summed E-state index contributed by atoms with van der Waals surface area (Å²) < 4.78 is 7.61. The van der Waals surface area contributed by atoms with Gasteiger partial charge in [-0.25, -0.2) is 9.67 Å². The zero-order valence-corrected chi connectivity index (χ0v) is 11.8. The van der Waals surface area contributed by atoms with Gasteiger partial charge in [-0.2, -0.15) is 5.10 Å². The molecule has 0 saturated heterocycles. The van der Waals surface area contributed by atoms with E-state index in [0.29, 0.717) is 13.2 Å². The Labute approximate surface area is 118 Å². The molecule has 0 radical (unpaired) electrons. The quantitative estimate of drug-likeness (QED) is 0.855. The Hall–Kier alpha value is -2.32. The second-order valence-corrected chi connectivity index (χ2v) is 4.29. The van der Waals surface area contributed by atoms with E-state index in [9.17, 15) is 0 Å². The Morgan fingerprint density at radius 2 is 2.25 bits per heavy atom. The predicted octanol–water partition coefficient (Wildman–Crippen LogP) is 1.50. The zero-order chi connectivity index (χ0) is 14.4. The van der Waals surface area contributed by atoms with E-state index in [1.54, 1.807) is 4.68 Å². The molecule has 2 N–H and O–H groups in total. The molecule has 0 unspecified atom stereocenters. The molecule has 0 amide bonds. The minimum Gasteiger partial charge on any atom is -0.484 e. The summed E-state index contributed by atoms with van der Waals surface area (Å²) in [7, 11) is 0. The van der Waals surface area contributed by atoms with E-state index in [4.69, 9.17) is 10.5 Å². The van der Waals surface area contributed by atoms with Crippen molar-refractivity contribution in [2.75, 3.05) is 6.54 Å². The van der Waals surface area contributed by atoms with Crippen molar-refractivity contribution in [3.63, 3.8) is 0 Å². The number of hydrogen-bond acceptors (Lipinski definition) is 4. The molecular formula is C15H18N4O.